The number of hydrogen-bond donors (Lipinski definition) is 0. The molecule has 1 atom stereocenters. The number of hydrogen-bond acceptors (Lipinski definition) is 2. The van der Waals surface area contributed by atoms with Crippen LogP contribution in [0, 0.1) is 6.92 Å². The number of aliphatic imine (C=N–C) groups is 1. The quantitative estimate of drug-likeness (QED) is 0.771. The van der Waals surface area contributed by atoms with Crippen LogP contribution in [-0.2, 0) is 0 Å². The molecule has 0 aliphatic rings. The lowest BCUT2D eigenvalue weighted by Gasteiger charge is -2.24. The van der Waals surface area contributed by atoms with E-state index < -0.39 is 0 Å². The molecule has 0 unspecified atom stereocenters. The molecule has 18 heavy (non-hydrogen) atoms. The number of rotatable bonds is 4. The van der Waals surface area contributed by atoms with Crippen molar-refractivity contribution in [3.63, 3.8) is 0 Å². The Balaban J connectivity index is 2.93. The van der Waals surface area contributed by atoms with E-state index in [1.807, 2.05) is 32.9 Å². The molecule has 0 aromatic heterocycles. The highest BCUT2D eigenvalue weighted by Gasteiger charge is 2.20. The molecule has 4 heteroatoms. The van der Waals surface area contributed by atoms with Crippen molar-refractivity contribution in [1.29, 1.82) is 0 Å². The number of carbonyl (C=O) groups is 1. The number of halogens is 1. The average molecular weight is 267 g/mol. The Morgan fingerprint density at radius 2 is 2.22 bits per heavy atom. The number of nitrogens with zero attached hydrogens (tertiary/aromatic N) is 2. The molecular weight excluding hydrogens is 248 g/mol. The van der Waals surface area contributed by atoms with Crippen molar-refractivity contribution in [2.45, 2.75) is 26.8 Å². The van der Waals surface area contributed by atoms with Crippen molar-refractivity contribution < 1.29 is 4.79 Å². The number of likely N-dealkylation sites (N-methyl/N-ethyl adjacent to an activating group) is 1. The van der Waals surface area contributed by atoms with E-state index in [-0.39, 0.29) is 11.9 Å². The first-order chi connectivity index (χ1) is 8.49. The molecule has 1 amide bonds. The third-order valence-corrected chi connectivity index (χ3v) is 3.28. The van der Waals surface area contributed by atoms with Gasteiger partial charge in [0.25, 0.3) is 5.91 Å². The van der Waals surface area contributed by atoms with Gasteiger partial charge >= 0.3 is 0 Å². The van der Waals surface area contributed by atoms with Crippen LogP contribution in [0.5, 0.6) is 0 Å². The molecule has 1 aromatic carbocycles. The zero-order valence-electron chi connectivity index (χ0n) is 11.3. The number of benzene rings is 1. The molecule has 0 N–H and O–H groups in total. The van der Waals surface area contributed by atoms with Crippen LogP contribution in [0.2, 0.25) is 5.02 Å². The second-order valence-electron chi connectivity index (χ2n) is 4.32. The Morgan fingerprint density at radius 1 is 1.56 bits per heavy atom. The normalized spacial score (nSPS) is 12.7. The van der Waals surface area contributed by atoms with E-state index in [4.69, 9.17) is 11.6 Å². The summed E-state index contributed by atoms with van der Waals surface area (Å²) in [7, 11) is 1.78. The van der Waals surface area contributed by atoms with Gasteiger partial charge in [0.05, 0.1) is 17.1 Å². The van der Waals surface area contributed by atoms with Crippen molar-refractivity contribution in [3.05, 3.63) is 34.3 Å². The standard InChI is InChI=1S/C14H19ClN2O/c1-5-16-9-11(3)17(4)14(18)13-10(2)7-6-8-12(13)15/h5-8,11H,9H2,1-4H3/b16-5-/t11-/m1/s1. The number of carbonyl (C=O) groups excluding carboxylic acids is 1. The van der Waals surface area contributed by atoms with E-state index >= 15 is 0 Å². The van der Waals surface area contributed by atoms with Crippen LogP contribution >= 0.6 is 11.6 Å². The molecule has 0 saturated heterocycles. The fourth-order valence-electron chi connectivity index (χ4n) is 1.66. The largest absolute Gasteiger partial charge is 0.337 e. The molecule has 98 valence electrons. The van der Waals surface area contributed by atoms with E-state index in [1.165, 1.54) is 0 Å². The highest BCUT2D eigenvalue weighted by atomic mass is 35.5. The average Bonchev–Trinajstić information content (AvgIpc) is 2.34. The van der Waals surface area contributed by atoms with E-state index in [1.54, 1.807) is 24.2 Å². The molecule has 1 aromatic rings. The van der Waals surface area contributed by atoms with Crippen molar-refractivity contribution in [3.8, 4) is 0 Å². The first-order valence-corrected chi connectivity index (χ1v) is 6.33. The third-order valence-electron chi connectivity index (χ3n) is 2.97. The predicted octanol–water partition coefficient (Wildman–Crippen LogP) is 3.20. The van der Waals surface area contributed by atoms with Crippen molar-refractivity contribution in [2.75, 3.05) is 13.6 Å². The topological polar surface area (TPSA) is 32.7 Å². The maximum atomic E-state index is 12.4. The Labute approximate surface area is 113 Å². The summed E-state index contributed by atoms with van der Waals surface area (Å²) in [5, 5.41) is 0.498. The van der Waals surface area contributed by atoms with Gasteiger partial charge in [-0.3, -0.25) is 9.79 Å². The maximum absolute atomic E-state index is 12.4. The fraction of sp³-hybridized carbons (Fsp3) is 0.429. The van der Waals surface area contributed by atoms with E-state index in [9.17, 15) is 4.79 Å². The molecule has 0 heterocycles. The lowest BCUT2D eigenvalue weighted by atomic mass is 10.1. The van der Waals surface area contributed by atoms with E-state index in [2.05, 4.69) is 4.99 Å². The molecule has 0 spiro atoms. The van der Waals surface area contributed by atoms with Crippen LogP contribution in [0.25, 0.3) is 0 Å². The second kappa shape index (κ2) is 6.55. The van der Waals surface area contributed by atoms with Crippen LogP contribution in [0.1, 0.15) is 29.8 Å². The molecule has 0 bridgehead atoms. The molecule has 0 fully saturated rings. The Hall–Kier alpha value is -1.35. The Kier molecular flexibility index (Phi) is 5.35. The SMILES string of the molecule is C/C=N\C[C@@H](C)N(C)C(=O)c1c(C)cccc1Cl. The van der Waals surface area contributed by atoms with Gasteiger partial charge in [0, 0.05) is 13.1 Å². The minimum atomic E-state index is -0.0584. The van der Waals surface area contributed by atoms with Crippen molar-refractivity contribution in [2.24, 2.45) is 4.99 Å². The smallest absolute Gasteiger partial charge is 0.255 e. The minimum absolute atomic E-state index is 0.0457. The molecule has 0 saturated carbocycles. The van der Waals surface area contributed by atoms with Crippen LogP contribution < -0.4 is 0 Å². The first kappa shape index (κ1) is 14.7. The predicted molar refractivity (Wildman–Crippen MR) is 76.8 cm³/mol. The summed E-state index contributed by atoms with van der Waals surface area (Å²) in [6, 6.07) is 5.52. The molecular formula is C14H19ClN2O. The van der Waals surface area contributed by atoms with E-state index in [0.717, 1.165) is 5.56 Å². The van der Waals surface area contributed by atoms with E-state index in [0.29, 0.717) is 17.1 Å². The van der Waals surface area contributed by atoms with Crippen LogP contribution in [-0.4, -0.2) is 36.7 Å². The monoisotopic (exact) mass is 266 g/mol. The number of aryl methyl sites for hydroxylation is 1. The van der Waals surface area contributed by atoms with Gasteiger partial charge in [-0.2, -0.15) is 0 Å². The zero-order valence-corrected chi connectivity index (χ0v) is 12.0. The molecule has 1 rings (SSSR count). The summed E-state index contributed by atoms with van der Waals surface area (Å²) in [5.41, 5.74) is 1.47. The summed E-state index contributed by atoms with van der Waals surface area (Å²) in [5.74, 6) is -0.0584. The fourth-order valence-corrected chi connectivity index (χ4v) is 1.96. The van der Waals surface area contributed by atoms with Gasteiger partial charge in [-0.05, 0) is 38.6 Å². The van der Waals surface area contributed by atoms with Crippen LogP contribution in [0.3, 0.4) is 0 Å². The van der Waals surface area contributed by atoms with Crippen LogP contribution in [0.4, 0.5) is 0 Å². The van der Waals surface area contributed by atoms with Crippen molar-refractivity contribution >= 4 is 23.7 Å². The summed E-state index contributed by atoms with van der Waals surface area (Å²) in [6.07, 6.45) is 1.75. The number of amides is 1. The summed E-state index contributed by atoms with van der Waals surface area (Å²) in [6.45, 7) is 6.33. The lowest BCUT2D eigenvalue weighted by Crippen LogP contribution is -2.37. The van der Waals surface area contributed by atoms with Gasteiger partial charge < -0.3 is 4.90 Å². The van der Waals surface area contributed by atoms with Gasteiger partial charge in [0.2, 0.25) is 0 Å². The third kappa shape index (κ3) is 3.33. The summed E-state index contributed by atoms with van der Waals surface area (Å²) >= 11 is 6.10. The summed E-state index contributed by atoms with van der Waals surface area (Å²) < 4.78 is 0. The molecule has 3 nitrogen and oxygen atoms in total. The summed E-state index contributed by atoms with van der Waals surface area (Å²) in [4.78, 5) is 18.2. The molecule has 0 aliphatic heterocycles. The van der Waals surface area contributed by atoms with Gasteiger partial charge in [0.15, 0.2) is 0 Å². The highest BCUT2D eigenvalue weighted by molar-refractivity contribution is 6.34. The van der Waals surface area contributed by atoms with Gasteiger partial charge in [-0.1, -0.05) is 23.7 Å². The Bertz CT molecular complexity index is 437. The van der Waals surface area contributed by atoms with Crippen molar-refractivity contribution in [1.82, 2.24) is 4.90 Å². The van der Waals surface area contributed by atoms with Gasteiger partial charge in [-0.15, -0.1) is 0 Å². The minimum Gasteiger partial charge on any atom is -0.337 e. The van der Waals surface area contributed by atoms with Crippen LogP contribution in [0.15, 0.2) is 23.2 Å². The first-order valence-electron chi connectivity index (χ1n) is 5.95. The molecule has 0 radical (unpaired) electrons. The van der Waals surface area contributed by atoms with Gasteiger partial charge in [0.1, 0.15) is 0 Å². The zero-order chi connectivity index (χ0) is 13.7. The van der Waals surface area contributed by atoms with Gasteiger partial charge in [-0.25, -0.2) is 0 Å². The second-order valence-corrected chi connectivity index (χ2v) is 4.73. The molecule has 0 aliphatic carbocycles. The lowest BCUT2D eigenvalue weighted by molar-refractivity contribution is 0.0748. The maximum Gasteiger partial charge on any atom is 0.255 e. The highest BCUT2D eigenvalue weighted by Crippen LogP contribution is 2.21. The Morgan fingerprint density at radius 3 is 2.78 bits per heavy atom.